The van der Waals surface area contributed by atoms with E-state index < -0.39 is 0 Å². The first kappa shape index (κ1) is 14.1. The number of rotatable bonds is 3. The summed E-state index contributed by atoms with van der Waals surface area (Å²) in [6, 6.07) is 0. The number of piperidine rings is 1. The summed E-state index contributed by atoms with van der Waals surface area (Å²) in [5.41, 5.74) is 7.52. The van der Waals surface area contributed by atoms with Crippen molar-refractivity contribution < 1.29 is 0 Å². The summed E-state index contributed by atoms with van der Waals surface area (Å²) in [7, 11) is 0. The molecule has 1 saturated heterocycles. The number of aromatic nitrogens is 2. The molecular weight excluding hydrogens is 248 g/mol. The van der Waals surface area contributed by atoms with E-state index in [1.54, 1.807) is 0 Å². The highest BCUT2D eigenvalue weighted by Crippen LogP contribution is 2.29. The van der Waals surface area contributed by atoms with E-state index in [1.165, 1.54) is 56.7 Å². The maximum atomic E-state index is 6.18. The van der Waals surface area contributed by atoms with Gasteiger partial charge in [0.25, 0.3) is 0 Å². The number of hydrogen-bond donors (Lipinski definition) is 1. The van der Waals surface area contributed by atoms with E-state index in [1.807, 2.05) is 0 Å². The summed E-state index contributed by atoms with van der Waals surface area (Å²) in [6.45, 7) is 8.70. The van der Waals surface area contributed by atoms with Crippen molar-refractivity contribution in [3.63, 3.8) is 0 Å². The smallest absolute Gasteiger partial charge is 0.113 e. The van der Waals surface area contributed by atoms with Crippen LogP contribution < -0.4 is 5.73 Å². The lowest BCUT2D eigenvalue weighted by Gasteiger charge is -2.36. The zero-order chi connectivity index (χ0) is 14.2. The van der Waals surface area contributed by atoms with E-state index in [0.717, 1.165) is 13.1 Å². The largest absolute Gasteiger partial charge is 0.332 e. The predicted molar refractivity (Wildman–Crippen MR) is 81.8 cm³/mol. The summed E-state index contributed by atoms with van der Waals surface area (Å²) < 4.78 is 2.49. The molecule has 4 nitrogen and oxygen atoms in total. The number of hydrogen-bond acceptors (Lipinski definition) is 3. The molecular formula is C16H28N4. The van der Waals surface area contributed by atoms with Crippen molar-refractivity contribution in [3.05, 3.63) is 17.7 Å². The van der Waals surface area contributed by atoms with Crippen molar-refractivity contribution in [3.8, 4) is 0 Å². The zero-order valence-electron chi connectivity index (χ0n) is 12.9. The fourth-order valence-electron chi connectivity index (χ4n) is 3.77. The van der Waals surface area contributed by atoms with Crippen LogP contribution in [0.1, 0.15) is 57.0 Å². The van der Waals surface area contributed by atoms with Crippen LogP contribution in [0.2, 0.25) is 0 Å². The van der Waals surface area contributed by atoms with Crippen LogP contribution in [0, 0.1) is 0 Å². The van der Waals surface area contributed by atoms with E-state index >= 15 is 0 Å². The molecule has 1 unspecified atom stereocenters. The Morgan fingerprint density at radius 2 is 2.15 bits per heavy atom. The van der Waals surface area contributed by atoms with Gasteiger partial charge in [0.1, 0.15) is 5.82 Å². The number of nitrogens with two attached hydrogens (primary N) is 1. The lowest BCUT2D eigenvalue weighted by Crippen LogP contribution is -2.48. The first-order valence-electron chi connectivity index (χ1n) is 8.08. The quantitative estimate of drug-likeness (QED) is 0.920. The Bertz CT molecular complexity index is 458. The van der Waals surface area contributed by atoms with Gasteiger partial charge in [-0.1, -0.05) is 0 Å². The van der Waals surface area contributed by atoms with Crippen molar-refractivity contribution >= 4 is 0 Å². The minimum Gasteiger partial charge on any atom is -0.332 e. The second kappa shape index (κ2) is 5.49. The molecule has 0 bridgehead atoms. The summed E-state index contributed by atoms with van der Waals surface area (Å²) in [5, 5.41) is 0. The monoisotopic (exact) mass is 276 g/mol. The molecule has 20 heavy (non-hydrogen) atoms. The highest BCUT2D eigenvalue weighted by Gasteiger charge is 2.28. The molecule has 0 amide bonds. The Hall–Kier alpha value is -0.870. The third-order valence-corrected chi connectivity index (χ3v) is 4.54. The van der Waals surface area contributed by atoms with Crippen LogP contribution in [0.3, 0.4) is 0 Å². The molecule has 3 rings (SSSR count). The summed E-state index contributed by atoms with van der Waals surface area (Å²) in [5.74, 6) is 1.93. The summed E-state index contributed by atoms with van der Waals surface area (Å²) in [6.07, 6.45) is 8.49. The second-order valence-corrected chi connectivity index (χ2v) is 7.28. The van der Waals surface area contributed by atoms with Crippen LogP contribution in [-0.4, -0.2) is 39.6 Å². The van der Waals surface area contributed by atoms with Gasteiger partial charge in [0.2, 0.25) is 0 Å². The van der Waals surface area contributed by atoms with E-state index in [9.17, 15) is 0 Å². The standard InChI is InChI=1S/C16H28N4/c1-16(2,17)12-19-8-5-6-13(11-19)15-18-10-14-7-3-4-9-20(14)15/h10,13H,3-9,11-12,17H2,1-2H3. The predicted octanol–water partition coefficient (Wildman–Crippen LogP) is 2.14. The number of aryl methyl sites for hydroxylation is 1. The molecule has 1 fully saturated rings. The van der Waals surface area contributed by atoms with Gasteiger partial charge < -0.3 is 15.2 Å². The van der Waals surface area contributed by atoms with Crippen LogP contribution in [-0.2, 0) is 13.0 Å². The fraction of sp³-hybridized carbons (Fsp3) is 0.812. The molecule has 4 heteroatoms. The minimum absolute atomic E-state index is 0.103. The maximum absolute atomic E-state index is 6.18. The van der Waals surface area contributed by atoms with Crippen LogP contribution in [0.15, 0.2) is 6.20 Å². The maximum Gasteiger partial charge on any atom is 0.113 e. The molecule has 0 radical (unpaired) electrons. The van der Waals surface area contributed by atoms with Crippen molar-refractivity contribution in [1.82, 2.24) is 14.5 Å². The lowest BCUT2D eigenvalue weighted by atomic mass is 9.95. The van der Waals surface area contributed by atoms with Gasteiger partial charge in [-0.05, 0) is 52.5 Å². The first-order chi connectivity index (χ1) is 9.53. The Morgan fingerprint density at radius 1 is 1.30 bits per heavy atom. The molecule has 0 spiro atoms. The molecule has 2 aliphatic heterocycles. The molecule has 3 heterocycles. The molecule has 0 aromatic carbocycles. The van der Waals surface area contributed by atoms with Crippen LogP contribution in [0.5, 0.6) is 0 Å². The van der Waals surface area contributed by atoms with Gasteiger partial charge in [0.05, 0.1) is 0 Å². The minimum atomic E-state index is -0.103. The van der Waals surface area contributed by atoms with Crippen molar-refractivity contribution in [1.29, 1.82) is 0 Å². The Labute approximate surface area is 122 Å². The molecule has 112 valence electrons. The highest BCUT2D eigenvalue weighted by molar-refractivity contribution is 5.12. The number of likely N-dealkylation sites (tertiary alicyclic amines) is 1. The molecule has 2 N–H and O–H groups in total. The first-order valence-corrected chi connectivity index (χ1v) is 8.08. The van der Waals surface area contributed by atoms with Gasteiger partial charge in [-0.15, -0.1) is 0 Å². The van der Waals surface area contributed by atoms with E-state index in [0.29, 0.717) is 5.92 Å². The van der Waals surface area contributed by atoms with Crippen LogP contribution in [0.25, 0.3) is 0 Å². The summed E-state index contributed by atoms with van der Waals surface area (Å²) in [4.78, 5) is 7.28. The number of fused-ring (bicyclic) bond motifs is 1. The Balaban J connectivity index is 1.72. The molecule has 0 saturated carbocycles. The van der Waals surface area contributed by atoms with Crippen LogP contribution >= 0.6 is 0 Å². The third kappa shape index (κ3) is 3.07. The Kier molecular flexibility index (Phi) is 3.87. The van der Waals surface area contributed by atoms with Crippen LogP contribution in [0.4, 0.5) is 0 Å². The normalized spacial score (nSPS) is 24.6. The van der Waals surface area contributed by atoms with Crippen molar-refractivity contribution in [2.45, 2.75) is 64.0 Å². The van der Waals surface area contributed by atoms with Gasteiger partial charge in [0, 0.05) is 43.0 Å². The van der Waals surface area contributed by atoms with Gasteiger partial charge >= 0.3 is 0 Å². The topological polar surface area (TPSA) is 47.1 Å². The Morgan fingerprint density at radius 3 is 2.95 bits per heavy atom. The highest BCUT2D eigenvalue weighted by atomic mass is 15.2. The summed E-state index contributed by atoms with van der Waals surface area (Å²) >= 11 is 0. The zero-order valence-corrected chi connectivity index (χ0v) is 12.9. The molecule has 1 atom stereocenters. The van der Waals surface area contributed by atoms with Gasteiger partial charge in [-0.2, -0.15) is 0 Å². The molecule has 0 aliphatic carbocycles. The number of nitrogens with zero attached hydrogens (tertiary/aromatic N) is 3. The third-order valence-electron chi connectivity index (χ3n) is 4.54. The molecule has 1 aromatic rings. The van der Waals surface area contributed by atoms with Crippen molar-refractivity contribution in [2.24, 2.45) is 5.73 Å². The van der Waals surface area contributed by atoms with E-state index in [-0.39, 0.29) is 5.54 Å². The average molecular weight is 276 g/mol. The molecule has 1 aromatic heterocycles. The number of imidazole rings is 1. The fourth-order valence-corrected chi connectivity index (χ4v) is 3.77. The van der Waals surface area contributed by atoms with Crippen molar-refractivity contribution in [2.75, 3.05) is 19.6 Å². The van der Waals surface area contributed by atoms with E-state index in [4.69, 9.17) is 10.7 Å². The second-order valence-electron chi connectivity index (χ2n) is 7.28. The SMILES string of the molecule is CC(C)(N)CN1CCCC(c2ncc3n2CCCC3)C1. The van der Waals surface area contributed by atoms with E-state index in [2.05, 4.69) is 29.5 Å². The molecule has 2 aliphatic rings. The van der Waals surface area contributed by atoms with Gasteiger partial charge in [-0.3, -0.25) is 0 Å². The van der Waals surface area contributed by atoms with Gasteiger partial charge in [0.15, 0.2) is 0 Å². The average Bonchev–Trinajstić information content (AvgIpc) is 2.81. The van der Waals surface area contributed by atoms with Gasteiger partial charge in [-0.25, -0.2) is 4.98 Å². The lowest BCUT2D eigenvalue weighted by molar-refractivity contribution is 0.171.